The van der Waals surface area contributed by atoms with E-state index in [9.17, 15) is 4.39 Å². The topological polar surface area (TPSA) is 56.0 Å². The molecule has 0 N–H and O–H groups in total. The van der Waals surface area contributed by atoms with Crippen LogP contribution in [0.1, 0.15) is 10.6 Å². The second-order valence-electron chi connectivity index (χ2n) is 4.76. The summed E-state index contributed by atoms with van der Waals surface area (Å²) in [6.45, 7) is 0. The van der Waals surface area contributed by atoms with Gasteiger partial charge in [-0.2, -0.15) is 9.61 Å². The predicted molar refractivity (Wildman–Crippen MR) is 81.1 cm³/mol. The second-order valence-corrected chi connectivity index (χ2v) is 5.80. The summed E-state index contributed by atoms with van der Waals surface area (Å²) in [6, 6.07) is 10.2. The van der Waals surface area contributed by atoms with E-state index in [1.807, 2.05) is 12.1 Å². The zero-order valence-electron chi connectivity index (χ0n) is 11.3. The summed E-state index contributed by atoms with van der Waals surface area (Å²) < 4.78 is 14.7. The smallest absolute Gasteiger partial charge is 0.234 e. The van der Waals surface area contributed by atoms with Gasteiger partial charge in [-0.25, -0.2) is 4.39 Å². The summed E-state index contributed by atoms with van der Waals surface area (Å²) in [4.78, 5) is 4.82. The third-order valence-electron chi connectivity index (χ3n) is 3.22. The summed E-state index contributed by atoms with van der Waals surface area (Å²) in [5, 5.41) is 13.8. The van der Waals surface area contributed by atoms with Crippen LogP contribution in [0, 0.1) is 5.82 Å². The Morgan fingerprint density at radius 1 is 1.09 bits per heavy atom. The Labute approximate surface area is 129 Å². The molecule has 22 heavy (non-hydrogen) atoms. The zero-order valence-corrected chi connectivity index (χ0v) is 12.2. The maximum atomic E-state index is 12.9. The van der Waals surface area contributed by atoms with Crippen molar-refractivity contribution < 1.29 is 4.39 Å². The SMILES string of the molecule is Fc1ccc(Cc2nn3c(-c4cccnc4)nnc3s2)cc1. The minimum Gasteiger partial charge on any atom is -0.264 e. The molecule has 0 saturated carbocycles. The number of fused-ring (bicyclic) bond motifs is 1. The predicted octanol–water partition coefficient (Wildman–Crippen LogP) is 2.98. The molecule has 7 heteroatoms. The average Bonchev–Trinajstić information content (AvgIpc) is 3.10. The number of pyridine rings is 1. The molecule has 0 bridgehead atoms. The standard InChI is InChI=1S/C15H10FN5S/c16-12-5-3-10(4-6-12)8-13-20-21-14(18-19-15(21)22-13)11-2-1-7-17-9-11/h1-7,9H,8H2. The molecule has 1 aromatic carbocycles. The fourth-order valence-electron chi connectivity index (χ4n) is 2.18. The molecular weight excluding hydrogens is 301 g/mol. The molecule has 5 nitrogen and oxygen atoms in total. The van der Waals surface area contributed by atoms with Crippen molar-refractivity contribution in [1.29, 1.82) is 0 Å². The lowest BCUT2D eigenvalue weighted by atomic mass is 10.2. The highest BCUT2D eigenvalue weighted by molar-refractivity contribution is 7.16. The fourth-order valence-corrected chi connectivity index (χ4v) is 3.05. The van der Waals surface area contributed by atoms with E-state index in [1.165, 1.54) is 23.5 Å². The van der Waals surface area contributed by atoms with Gasteiger partial charge in [-0.15, -0.1) is 10.2 Å². The van der Waals surface area contributed by atoms with Gasteiger partial charge < -0.3 is 0 Å². The van der Waals surface area contributed by atoms with E-state index in [0.717, 1.165) is 21.1 Å². The Morgan fingerprint density at radius 3 is 2.73 bits per heavy atom. The quantitative estimate of drug-likeness (QED) is 0.583. The molecule has 108 valence electrons. The molecule has 0 atom stereocenters. The van der Waals surface area contributed by atoms with Crippen molar-refractivity contribution in [2.24, 2.45) is 0 Å². The molecule has 0 spiro atoms. The molecule has 0 saturated heterocycles. The van der Waals surface area contributed by atoms with Crippen LogP contribution in [0.2, 0.25) is 0 Å². The van der Waals surface area contributed by atoms with E-state index in [0.29, 0.717) is 12.2 Å². The molecule has 0 unspecified atom stereocenters. The van der Waals surface area contributed by atoms with E-state index < -0.39 is 0 Å². The molecule has 4 aromatic rings. The van der Waals surface area contributed by atoms with Crippen molar-refractivity contribution in [3.8, 4) is 11.4 Å². The van der Waals surface area contributed by atoms with Gasteiger partial charge in [0.15, 0.2) is 5.82 Å². The van der Waals surface area contributed by atoms with E-state index in [-0.39, 0.29) is 5.82 Å². The number of aromatic nitrogens is 5. The van der Waals surface area contributed by atoms with Gasteiger partial charge in [0.1, 0.15) is 10.8 Å². The van der Waals surface area contributed by atoms with E-state index in [4.69, 9.17) is 0 Å². The Balaban J connectivity index is 1.70. The third kappa shape index (κ3) is 2.35. The maximum absolute atomic E-state index is 12.9. The van der Waals surface area contributed by atoms with Gasteiger partial charge in [0.05, 0.1) is 0 Å². The highest BCUT2D eigenvalue weighted by atomic mass is 32.1. The van der Waals surface area contributed by atoms with Crippen molar-refractivity contribution in [1.82, 2.24) is 24.8 Å². The van der Waals surface area contributed by atoms with Crippen LogP contribution in [0.25, 0.3) is 16.3 Å². The lowest BCUT2D eigenvalue weighted by Gasteiger charge is -1.97. The van der Waals surface area contributed by atoms with E-state index in [1.54, 1.807) is 29.0 Å². The molecule has 0 amide bonds. The molecule has 3 aromatic heterocycles. The monoisotopic (exact) mass is 311 g/mol. The molecule has 4 rings (SSSR count). The number of nitrogens with zero attached hydrogens (tertiary/aromatic N) is 5. The van der Waals surface area contributed by atoms with Crippen LogP contribution >= 0.6 is 11.3 Å². The maximum Gasteiger partial charge on any atom is 0.234 e. The normalized spacial score (nSPS) is 11.1. The first kappa shape index (κ1) is 13.0. The van der Waals surface area contributed by atoms with Crippen molar-refractivity contribution >= 4 is 16.3 Å². The summed E-state index contributed by atoms with van der Waals surface area (Å²) in [5.41, 5.74) is 1.88. The van der Waals surface area contributed by atoms with Gasteiger partial charge in [-0.1, -0.05) is 23.5 Å². The second kappa shape index (κ2) is 5.27. The van der Waals surface area contributed by atoms with Crippen molar-refractivity contribution in [3.63, 3.8) is 0 Å². The van der Waals surface area contributed by atoms with Crippen molar-refractivity contribution in [2.45, 2.75) is 6.42 Å². The lowest BCUT2D eigenvalue weighted by molar-refractivity contribution is 0.627. The Hall–Kier alpha value is -2.67. The van der Waals surface area contributed by atoms with Gasteiger partial charge in [-0.3, -0.25) is 4.98 Å². The molecule has 0 fully saturated rings. The first-order valence-corrected chi connectivity index (χ1v) is 7.47. The van der Waals surface area contributed by atoms with Crippen molar-refractivity contribution in [3.05, 3.63) is 65.2 Å². The first-order valence-electron chi connectivity index (χ1n) is 6.65. The van der Waals surface area contributed by atoms with Gasteiger partial charge in [0, 0.05) is 24.4 Å². The minimum absolute atomic E-state index is 0.235. The minimum atomic E-state index is -0.235. The Bertz CT molecular complexity index is 914. The van der Waals surface area contributed by atoms with E-state index >= 15 is 0 Å². The van der Waals surface area contributed by atoms with Crippen LogP contribution < -0.4 is 0 Å². The summed E-state index contributed by atoms with van der Waals surface area (Å²) in [7, 11) is 0. The largest absolute Gasteiger partial charge is 0.264 e. The van der Waals surface area contributed by atoms with Gasteiger partial charge in [0.2, 0.25) is 4.96 Å². The summed E-state index contributed by atoms with van der Waals surface area (Å²) in [6.07, 6.45) is 4.08. The summed E-state index contributed by atoms with van der Waals surface area (Å²) in [5.74, 6) is 0.436. The van der Waals surface area contributed by atoms with E-state index in [2.05, 4.69) is 20.3 Å². The number of halogens is 1. The number of hydrogen-bond donors (Lipinski definition) is 0. The summed E-state index contributed by atoms with van der Waals surface area (Å²) >= 11 is 1.48. The lowest BCUT2D eigenvalue weighted by Crippen LogP contribution is -1.94. The first-order chi connectivity index (χ1) is 10.8. The molecule has 0 radical (unpaired) electrons. The van der Waals surface area contributed by atoms with Crippen LogP contribution in [0.15, 0.2) is 48.8 Å². The average molecular weight is 311 g/mol. The third-order valence-corrected chi connectivity index (χ3v) is 4.12. The van der Waals surface area contributed by atoms with Crippen LogP contribution in [-0.4, -0.2) is 24.8 Å². The van der Waals surface area contributed by atoms with Crippen molar-refractivity contribution in [2.75, 3.05) is 0 Å². The van der Waals surface area contributed by atoms with Crippen LogP contribution in [0.4, 0.5) is 4.39 Å². The zero-order chi connectivity index (χ0) is 14.9. The molecule has 0 aliphatic carbocycles. The number of hydrogen-bond acceptors (Lipinski definition) is 5. The highest BCUT2D eigenvalue weighted by Gasteiger charge is 2.13. The number of benzene rings is 1. The number of rotatable bonds is 3. The molecule has 0 aliphatic heterocycles. The fraction of sp³-hybridized carbons (Fsp3) is 0.0667. The van der Waals surface area contributed by atoms with Crippen LogP contribution in [0.3, 0.4) is 0 Å². The molecule has 0 aliphatic rings. The van der Waals surface area contributed by atoms with Gasteiger partial charge in [-0.05, 0) is 29.8 Å². The van der Waals surface area contributed by atoms with Crippen LogP contribution in [0.5, 0.6) is 0 Å². The molecule has 3 heterocycles. The van der Waals surface area contributed by atoms with Crippen LogP contribution in [-0.2, 0) is 6.42 Å². The van der Waals surface area contributed by atoms with Gasteiger partial charge >= 0.3 is 0 Å². The Kier molecular flexibility index (Phi) is 3.12. The molecular formula is C15H10FN5S. The highest BCUT2D eigenvalue weighted by Crippen LogP contribution is 2.22. The Morgan fingerprint density at radius 2 is 1.95 bits per heavy atom. The van der Waals surface area contributed by atoms with Gasteiger partial charge in [0.25, 0.3) is 0 Å².